The van der Waals surface area contributed by atoms with Gasteiger partial charge in [0, 0.05) is 23.6 Å². The van der Waals surface area contributed by atoms with E-state index in [1.165, 1.54) is 13.8 Å². The lowest BCUT2D eigenvalue weighted by molar-refractivity contribution is -0.132. The zero-order chi connectivity index (χ0) is 20.2. The Labute approximate surface area is 157 Å². The van der Waals surface area contributed by atoms with Crippen LogP contribution in [0.15, 0.2) is 12.1 Å². The molecule has 0 unspecified atom stereocenters. The second kappa shape index (κ2) is 8.56. The molecule has 5 heteroatoms. The fraction of sp³-hybridized carbons (Fsp3) is 0.619. The van der Waals surface area contributed by atoms with Crippen molar-refractivity contribution in [2.45, 2.75) is 47.5 Å². The lowest BCUT2D eigenvalue weighted by atomic mass is 9.65. The molecule has 0 fully saturated rings. The van der Waals surface area contributed by atoms with Crippen molar-refractivity contribution < 1.29 is 23.8 Å². The molecule has 5 nitrogen and oxygen atoms in total. The fourth-order valence-corrected chi connectivity index (χ4v) is 3.40. The molecule has 0 aliphatic heterocycles. The van der Waals surface area contributed by atoms with Crippen LogP contribution in [0.5, 0.6) is 17.2 Å². The van der Waals surface area contributed by atoms with Crippen molar-refractivity contribution in [3.63, 3.8) is 0 Å². The van der Waals surface area contributed by atoms with E-state index < -0.39 is 5.92 Å². The minimum Gasteiger partial charge on any atom is -0.496 e. The highest BCUT2D eigenvalue weighted by Crippen LogP contribution is 2.50. The number of benzene rings is 1. The molecule has 2 atom stereocenters. The van der Waals surface area contributed by atoms with Gasteiger partial charge in [0.15, 0.2) is 0 Å². The van der Waals surface area contributed by atoms with Gasteiger partial charge >= 0.3 is 0 Å². The zero-order valence-corrected chi connectivity index (χ0v) is 17.4. The average molecular weight is 364 g/mol. The van der Waals surface area contributed by atoms with Gasteiger partial charge in [0.25, 0.3) is 0 Å². The number of methoxy groups -OCH3 is 3. The van der Waals surface area contributed by atoms with Crippen LogP contribution in [-0.4, -0.2) is 32.9 Å². The van der Waals surface area contributed by atoms with E-state index in [0.717, 1.165) is 5.56 Å². The number of hydrogen-bond acceptors (Lipinski definition) is 5. The number of hydrogen-bond donors (Lipinski definition) is 0. The van der Waals surface area contributed by atoms with Crippen LogP contribution in [-0.2, 0) is 9.59 Å². The molecule has 0 spiro atoms. The van der Waals surface area contributed by atoms with Gasteiger partial charge in [0.1, 0.15) is 28.8 Å². The Morgan fingerprint density at radius 1 is 0.885 bits per heavy atom. The molecular weight excluding hydrogens is 332 g/mol. The lowest BCUT2D eigenvalue weighted by Crippen LogP contribution is -2.36. The number of ketones is 2. The van der Waals surface area contributed by atoms with E-state index in [2.05, 4.69) is 27.7 Å². The van der Waals surface area contributed by atoms with E-state index in [4.69, 9.17) is 14.2 Å². The summed E-state index contributed by atoms with van der Waals surface area (Å²) in [6.07, 6.45) is 0. The summed E-state index contributed by atoms with van der Waals surface area (Å²) in [4.78, 5) is 24.9. The first-order chi connectivity index (χ1) is 12.0. The van der Waals surface area contributed by atoms with Gasteiger partial charge in [-0.05, 0) is 25.2 Å². The summed E-state index contributed by atoms with van der Waals surface area (Å²) in [5, 5.41) is 0. The van der Waals surface area contributed by atoms with E-state index in [9.17, 15) is 9.59 Å². The monoisotopic (exact) mass is 364 g/mol. The summed E-state index contributed by atoms with van der Waals surface area (Å²) in [6, 6.07) is 3.52. The number of Topliss-reactive ketones (excluding diaryl/α,β-unsaturated/α-hetero) is 2. The van der Waals surface area contributed by atoms with Crippen LogP contribution in [0.4, 0.5) is 0 Å². The van der Waals surface area contributed by atoms with Crippen molar-refractivity contribution in [1.82, 2.24) is 0 Å². The van der Waals surface area contributed by atoms with E-state index in [-0.39, 0.29) is 28.8 Å². The van der Waals surface area contributed by atoms with Crippen LogP contribution in [0.25, 0.3) is 0 Å². The lowest BCUT2D eigenvalue weighted by Gasteiger charge is -2.38. The highest BCUT2D eigenvalue weighted by atomic mass is 16.5. The molecular formula is C21H32O5. The summed E-state index contributed by atoms with van der Waals surface area (Å²) < 4.78 is 16.5. The molecule has 1 rings (SSSR count). The van der Waals surface area contributed by atoms with Crippen LogP contribution in [0.2, 0.25) is 0 Å². The topological polar surface area (TPSA) is 61.8 Å². The molecule has 0 heterocycles. The normalized spacial score (nSPS) is 13.9. The van der Waals surface area contributed by atoms with Crippen molar-refractivity contribution >= 4 is 11.6 Å². The van der Waals surface area contributed by atoms with Gasteiger partial charge in [-0.1, -0.05) is 27.7 Å². The van der Waals surface area contributed by atoms with Crippen molar-refractivity contribution in [1.29, 1.82) is 0 Å². The smallest absolute Gasteiger partial charge is 0.140 e. The van der Waals surface area contributed by atoms with Gasteiger partial charge in [0.05, 0.1) is 27.2 Å². The maximum atomic E-state index is 12.4. The molecule has 1 aromatic rings. The average Bonchev–Trinajstić information content (AvgIpc) is 2.56. The Morgan fingerprint density at radius 3 is 1.58 bits per heavy atom. The minimum atomic E-state index is -0.764. The summed E-state index contributed by atoms with van der Waals surface area (Å²) in [7, 11) is 4.69. The molecule has 0 saturated heterocycles. The van der Waals surface area contributed by atoms with E-state index in [0.29, 0.717) is 17.2 Å². The standard InChI is InChI=1S/C21H32O5/c1-12(21(4,5)6)18(19(13(2)22)14(3)23)20-16(25-8)10-15(24-7)11-17(20)26-9/h10-12,18-19H,1-9H3/t12-,18+/m0/s1. The van der Waals surface area contributed by atoms with E-state index in [1.54, 1.807) is 33.5 Å². The third-order valence-electron chi connectivity index (χ3n) is 5.23. The first-order valence-corrected chi connectivity index (χ1v) is 8.80. The van der Waals surface area contributed by atoms with Crippen molar-refractivity contribution in [3.8, 4) is 17.2 Å². The van der Waals surface area contributed by atoms with Crippen LogP contribution in [0.1, 0.15) is 53.0 Å². The highest BCUT2D eigenvalue weighted by molar-refractivity contribution is 6.01. The van der Waals surface area contributed by atoms with Crippen molar-refractivity contribution in [2.24, 2.45) is 17.3 Å². The Balaban J connectivity index is 3.82. The third-order valence-corrected chi connectivity index (χ3v) is 5.23. The molecule has 0 saturated carbocycles. The van der Waals surface area contributed by atoms with Gasteiger partial charge in [-0.2, -0.15) is 0 Å². The van der Waals surface area contributed by atoms with Gasteiger partial charge in [0.2, 0.25) is 0 Å². The molecule has 0 amide bonds. The maximum absolute atomic E-state index is 12.4. The second-order valence-corrected chi connectivity index (χ2v) is 7.83. The van der Waals surface area contributed by atoms with Crippen molar-refractivity contribution in [2.75, 3.05) is 21.3 Å². The largest absolute Gasteiger partial charge is 0.496 e. The number of carbonyl (C=O) groups is 2. The number of rotatable bonds is 8. The molecule has 0 aliphatic rings. The van der Waals surface area contributed by atoms with E-state index in [1.807, 2.05) is 0 Å². The van der Waals surface area contributed by atoms with Gasteiger partial charge < -0.3 is 14.2 Å². The number of ether oxygens (including phenoxy) is 3. The summed E-state index contributed by atoms with van der Waals surface area (Å²) >= 11 is 0. The molecule has 26 heavy (non-hydrogen) atoms. The van der Waals surface area contributed by atoms with Crippen LogP contribution >= 0.6 is 0 Å². The minimum absolute atomic E-state index is 0.0106. The van der Waals surface area contributed by atoms with Gasteiger partial charge in [-0.15, -0.1) is 0 Å². The second-order valence-electron chi connectivity index (χ2n) is 7.83. The first kappa shape index (κ1) is 22.0. The molecule has 0 aliphatic carbocycles. The predicted molar refractivity (Wildman–Crippen MR) is 102 cm³/mol. The van der Waals surface area contributed by atoms with Gasteiger partial charge in [-0.25, -0.2) is 0 Å². The summed E-state index contributed by atoms with van der Waals surface area (Å²) in [6.45, 7) is 11.3. The van der Waals surface area contributed by atoms with Crippen LogP contribution in [0, 0.1) is 17.3 Å². The molecule has 0 bridgehead atoms. The maximum Gasteiger partial charge on any atom is 0.140 e. The quantitative estimate of drug-likeness (QED) is 0.645. The zero-order valence-electron chi connectivity index (χ0n) is 17.4. The van der Waals surface area contributed by atoms with Crippen LogP contribution in [0.3, 0.4) is 0 Å². The first-order valence-electron chi connectivity index (χ1n) is 8.80. The van der Waals surface area contributed by atoms with Crippen molar-refractivity contribution in [3.05, 3.63) is 17.7 Å². The Bertz CT molecular complexity index is 618. The molecule has 146 valence electrons. The summed E-state index contributed by atoms with van der Waals surface area (Å²) in [5.74, 6) is 0.256. The third kappa shape index (κ3) is 4.57. The fourth-order valence-electron chi connectivity index (χ4n) is 3.40. The molecule has 0 N–H and O–H groups in total. The highest BCUT2D eigenvalue weighted by Gasteiger charge is 2.42. The predicted octanol–water partition coefficient (Wildman–Crippen LogP) is 4.27. The Kier molecular flexibility index (Phi) is 7.25. The molecule has 1 aromatic carbocycles. The van der Waals surface area contributed by atoms with E-state index >= 15 is 0 Å². The summed E-state index contributed by atoms with van der Waals surface area (Å²) in [5.41, 5.74) is 0.595. The van der Waals surface area contributed by atoms with Crippen LogP contribution < -0.4 is 14.2 Å². The SMILES string of the molecule is COc1cc(OC)c([C@@H](C(C(C)=O)C(C)=O)[C@H](C)C(C)(C)C)c(OC)c1. The Morgan fingerprint density at radius 2 is 1.31 bits per heavy atom. The number of carbonyl (C=O) groups excluding carboxylic acids is 2. The Hall–Kier alpha value is -2.04. The molecule has 0 radical (unpaired) electrons. The molecule has 0 aromatic heterocycles. The van der Waals surface area contributed by atoms with Gasteiger partial charge in [-0.3, -0.25) is 9.59 Å².